The van der Waals surface area contributed by atoms with Crippen LogP contribution in [-0.4, -0.2) is 33.9 Å². The van der Waals surface area contributed by atoms with Crippen LogP contribution in [0.5, 0.6) is 0 Å². The molecule has 43 heavy (non-hydrogen) atoms. The van der Waals surface area contributed by atoms with Crippen molar-refractivity contribution in [1.82, 2.24) is 9.78 Å². The quantitative estimate of drug-likeness (QED) is 0.178. The molecule has 7 heteroatoms. The highest BCUT2D eigenvalue weighted by atomic mass is 35.5. The van der Waals surface area contributed by atoms with Gasteiger partial charge in [0.15, 0.2) is 0 Å². The maximum absolute atomic E-state index is 11.2. The number of anilines is 1. The number of carboxylic acid groups (broad SMARTS) is 1. The Kier molecular flexibility index (Phi) is 7.62. The molecular weight excluding hydrogens is 577 g/mol. The largest absolute Gasteiger partial charge is 0.481 e. The van der Waals surface area contributed by atoms with Gasteiger partial charge in [0.05, 0.1) is 23.7 Å². The van der Waals surface area contributed by atoms with E-state index >= 15 is 0 Å². The first-order chi connectivity index (χ1) is 20.9. The lowest BCUT2D eigenvalue weighted by atomic mass is 9.84. The molecular formula is C36H33Cl2N3O2. The van der Waals surface area contributed by atoms with Gasteiger partial charge in [0.1, 0.15) is 0 Å². The maximum Gasteiger partial charge on any atom is 0.307 e. The summed E-state index contributed by atoms with van der Waals surface area (Å²) in [5, 5.41) is 17.2. The molecule has 218 valence electrons. The fraction of sp³-hybridized carbons (Fsp3) is 0.278. The van der Waals surface area contributed by atoms with Crippen molar-refractivity contribution in [3.05, 3.63) is 129 Å². The molecule has 1 aromatic heterocycles. The third-order valence-corrected chi connectivity index (χ3v) is 9.41. The van der Waals surface area contributed by atoms with E-state index < -0.39 is 5.97 Å². The summed E-state index contributed by atoms with van der Waals surface area (Å²) in [4.78, 5) is 13.6. The SMILES string of the molecule is O=C(O)Cc1cccc(N2CCC(c3nn(C4CC4)c4ccc(C(c5ccc(Cl)cc5)c5ccc(Cl)cc5)cc34)CC2)c1. The highest BCUT2D eigenvalue weighted by Crippen LogP contribution is 2.42. The lowest BCUT2D eigenvalue weighted by Crippen LogP contribution is -2.33. The van der Waals surface area contributed by atoms with Gasteiger partial charge in [-0.15, -0.1) is 0 Å². The molecule has 0 unspecified atom stereocenters. The highest BCUT2D eigenvalue weighted by molar-refractivity contribution is 6.30. The van der Waals surface area contributed by atoms with Gasteiger partial charge in [0.2, 0.25) is 0 Å². The molecule has 0 radical (unpaired) electrons. The number of aliphatic carboxylic acids is 1. The summed E-state index contributed by atoms with van der Waals surface area (Å²) >= 11 is 12.5. The molecule has 4 aromatic carbocycles. The van der Waals surface area contributed by atoms with Crippen molar-refractivity contribution < 1.29 is 9.90 Å². The van der Waals surface area contributed by atoms with Crippen molar-refractivity contribution in [3.63, 3.8) is 0 Å². The summed E-state index contributed by atoms with van der Waals surface area (Å²) in [7, 11) is 0. The Balaban J connectivity index is 1.23. The van der Waals surface area contributed by atoms with Crippen molar-refractivity contribution >= 4 is 45.8 Å². The van der Waals surface area contributed by atoms with Crippen molar-refractivity contribution in [2.75, 3.05) is 18.0 Å². The molecule has 0 bridgehead atoms. The zero-order valence-electron chi connectivity index (χ0n) is 23.8. The van der Waals surface area contributed by atoms with Gasteiger partial charge in [-0.3, -0.25) is 9.48 Å². The van der Waals surface area contributed by atoms with Gasteiger partial charge in [-0.1, -0.05) is 65.7 Å². The number of carboxylic acids is 1. The van der Waals surface area contributed by atoms with Crippen molar-refractivity contribution in [3.8, 4) is 0 Å². The smallest absolute Gasteiger partial charge is 0.307 e. The van der Waals surface area contributed by atoms with Gasteiger partial charge in [-0.05, 0) is 96.5 Å². The number of rotatable bonds is 8. The molecule has 2 heterocycles. The first kappa shape index (κ1) is 28.0. The molecule has 7 rings (SSSR count). The van der Waals surface area contributed by atoms with Crippen LogP contribution in [0, 0.1) is 0 Å². The summed E-state index contributed by atoms with van der Waals surface area (Å²) in [6.45, 7) is 1.83. The summed E-state index contributed by atoms with van der Waals surface area (Å²) < 4.78 is 2.27. The summed E-state index contributed by atoms with van der Waals surface area (Å²) in [5.41, 5.74) is 7.94. The predicted octanol–water partition coefficient (Wildman–Crippen LogP) is 8.87. The van der Waals surface area contributed by atoms with Crippen LogP contribution < -0.4 is 4.90 Å². The Morgan fingerprint density at radius 3 is 2.05 bits per heavy atom. The summed E-state index contributed by atoms with van der Waals surface area (Å²) in [6, 6.07) is 31.6. The van der Waals surface area contributed by atoms with E-state index in [4.69, 9.17) is 28.3 Å². The second kappa shape index (κ2) is 11.7. The monoisotopic (exact) mass is 609 g/mol. The molecule has 2 aliphatic rings. The molecule has 0 atom stereocenters. The molecule has 5 aromatic rings. The van der Waals surface area contributed by atoms with Gasteiger partial charge in [0.25, 0.3) is 0 Å². The Hall–Kier alpha value is -3.80. The van der Waals surface area contributed by atoms with Gasteiger partial charge in [0, 0.05) is 46.0 Å². The number of carbonyl (C=O) groups is 1. The first-order valence-corrected chi connectivity index (χ1v) is 15.8. The van der Waals surface area contributed by atoms with Crippen LogP contribution in [0.4, 0.5) is 5.69 Å². The van der Waals surface area contributed by atoms with Crippen LogP contribution in [0.3, 0.4) is 0 Å². The molecule has 1 saturated heterocycles. The third-order valence-electron chi connectivity index (χ3n) is 8.90. The minimum Gasteiger partial charge on any atom is -0.481 e. The van der Waals surface area contributed by atoms with E-state index in [1.54, 1.807) is 0 Å². The number of hydrogen-bond donors (Lipinski definition) is 1. The number of benzene rings is 4. The maximum atomic E-state index is 11.2. The Morgan fingerprint density at radius 1 is 0.814 bits per heavy atom. The zero-order valence-corrected chi connectivity index (χ0v) is 25.3. The summed E-state index contributed by atoms with van der Waals surface area (Å²) in [6.07, 6.45) is 4.41. The van der Waals surface area contributed by atoms with Gasteiger partial charge in [-0.25, -0.2) is 0 Å². The topological polar surface area (TPSA) is 58.4 Å². The van der Waals surface area contributed by atoms with Crippen LogP contribution >= 0.6 is 23.2 Å². The fourth-order valence-electron chi connectivity index (χ4n) is 6.60. The second-order valence-electron chi connectivity index (χ2n) is 11.9. The van der Waals surface area contributed by atoms with E-state index in [2.05, 4.69) is 58.1 Å². The van der Waals surface area contributed by atoms with Crippen molar-refractivity contribution in [2.24, 2.45) is 0 Å². The molecule has 1 saturated carbocycles. The van der Waals surface area contributed by atoms with Crippen LogP contribution in [0.1, 0.15) is 71.5 Å². The summed E-state index contributed by atoms with van der Waals surface area (Å²) in [5.74, 6) is -0.403. The number of fused-ring (bicyclic) bond motifs is 1. The first-order valence-electron chi connectivity index (χ1n) is 15.0. The lowest BCUT2D eigenvalue weighted by Gasteiger charge is -2.33. The molecule has 0 amide bonds. The molecule has 0 spiro atoms. The minimum atomic E-state index is -0.803. The number of aromatic nitrogens is 2. The molecule has 1 N–H and O–H groups in total. The number of nitrogens with zero attached hydrogens (tertiary/aromatic N) is 3. The standard InChI is InChI=1S/C36H33Cl2N3O2/c37-28-9-4-24(5-10-28)35(25-6-11-29(38)12-7-25)27-8-15-33-32(22-27)36(39-41(33)30-13-14-30)26-16-18-40(19-17-26)31-3-1-2-23(20-31)21-34(42)43/h1-12,15,20,22,26,30,35H,13-14,16-19,21H2,(H,42,43). The van der Waals surface area contributed by atoms with Crippen LogP contribution in [0.2, 0.25) is 10.0 Å². The Labute approximate surface area is 261 Å². The number of piperidine rings is 1. The van der Waals surface area contributed by atoms with Crippen LogP contribution in [0.25, 0.3) is 10.9 Å². The Bertz CT molecular complexity index is 1720. The average Bonchev–Trinajstić information content (AvgIpc) is 3.79. The van der Waals surface area contributed by atoms with Gasteiger partial charge in [-0.2, -0.15) is 5.10 Å². The van der Waals surface area contributed by atoms with E-state index in [0.717, 1.165) is 47.2 Å². The van der Waals surface area contributed by atoms with E-state index in [9.17, 15) is 9.90 Å². The fourth-order valence-corrected chi connectivity index (χ4v) is 6.85. The third kappa shape index (κ3) is 5.89. The normalized spacial score (nSPS) is 15.8. The zero-order chi connectivity index (χ0) is 29.5. The minimum absolute atomic E-state index is 0.0379. The average molecular weight is 611 g/mol. The van der Waals surface area contributed by atoms with Gasteiger partial charge < -0.3 is 10.0 Å². The van der Waals surface area contributed by atoms with E-state index in [1.807, 2.05) is 42.5 Å². The lowest BCUT2D eigenvalue weighted by molar-refractivity contribution is -0.136. The van der Waals surface area contributed by atoms with Crippen molar-refractivity contribution in [1.29, 1.82) is 0 Å². The molecule has 1 aliphatic carbocycles. The molecule has 2 fully saturated rings. The number of halogens is 2. The van der Waals surface area contributed by atoms with Crippen molar-refractivity contribution in [2.45, 2.75) is 50.0 Å². The highest BCUT2D eigenvalue weighted by Gasteiger charge is 2.31. The van der Waals surface area contributed by atoms with E-state index in [0.29, 0.717) is 12.0 Å². The van der Waals surface area contributed by atoms with Crippen LogP contribution in [-0.2, 0) is 11.2 Å². The Morgan fingerprint density at radius 2 is 1.44 bits per heavy atom. The van der Waals surface area contributed by atoms with Crippen LogP contribution in [0.15, 0.2) is 91.0 Å². The van der Waals surface area contributed by atoms with Gasteiger partial charge >= 0.3 is 5.97 Å². The van der Waals surface area contributed by atoms with E-state index in [-0.39, 0.29) is 12.3 Å². The van der Waals surface area contributed by atoms with E-state index in [1.165, 1.54) is 46.1 Å². The molecule has 1 aliphatic heterocycles. The molecule has 5 nitrogen and oxygen atoms in total. The predicted molar refractivity (Wildman–Crippen MR) is 174 cm³/mol. The second-order valence-corrected chi connectivity index (χ2v) is 12.7. The number of hydrogen-bond acceptors (Lipinski definition) is 3.